The van der Waals surface area contributed by atoms with Crippen LogP contribution in [0.3, 0.4) is 0 Å². The summed E-state index contributed by atoms with van der Waals surface area (Å²) in [7, 11) is 0. The largest absolute Gasteiger partial charge is 0.376 e. The van der Waals surface area contributed by atoms with Gasteiger partial charge < -0.3 is 10.1 Å². The normalized spacial score (nSPS) is 19.7. The van der Waals surface area contributed by atoms with Gasteiger partial charge in [0, 0.05) is 24.2 Å². The molecule has 1 unspecified atom stereocenters. The summed E-state index contributed by atoms with van der Waals surface area (Å²) in [6, 6.07) is 0. The Balaban J connectivity index is 1.62. The molecule has 4 heterocycles. The van der Waals surface area contributed by atoms with Crippen molar-refractivity contribution in [2.45, 2.75) is 64.4 Å². The molecule has 5 nitrogen and oxygen atoms in total. The first-order chi connectivity index (χ1) is 13.3. The topological polar surface area (TPSA) is 59.9 Å². The van der Waals surface area contributed by atoms with Crippen molar-refractivity contribution in [3.63, 3.8) is 0 Å². The van der Waals surface area contributed by atoms with E-state index in [1.54, 1.807) is 17.7 Å². The third-order valence-corrected chi connectivity index (χ3v) is 6.90. The zero-order valence-corrected chi connectivity index (χ0v) is 16.7. The number of nitrogens with zero attached hydrogens (tertiary/aromatic N) is 3. The molecule has 0 spiro atoms. The van der Waals surface area contributed by atoms with Crippen molar-refractivity contribution in [1.82, 2.24) is 15.0 Å². The van der Waals surface area contributed by atoms with Crippen molar-refractivity contribution in [1.29, 1.82) is 0 Å². The van der Waals surface area contributed by atoms with Gasteiger partial charge in [-0.1, -0.05) is 13.3 Å². The minimum Gasteiger partial charge on any atom is -0.376 e. The lowest BCUT2D eigenvalue weighted by atomic mass is 9.88. The lowest BCUT2D eigenvalue weighted by Crippen LogP contribution is -2.18. The molecule has 0 aromatic carbocycles. The van der Waals surface area contributed by atoms with Crippen LogP contribution in [0.25, 0.3) is 20.4 Å². The third-order valence-electron chi connectivity index (χ3n) is 5.82. The van der Waals surface area contributed by atoms with Crippen LogP contribution in [0.2, 0.25) is 0 Å². The van der Waals surface area contributed by atoms with Crippen LogP contribution in [0.5, 0.6) is 0 Å². The number of hydrogen-bond donors (Lipinski definition) is 1. The van der Waals surface area contributed by atoms with Gasteiger partial charge in [0.15, 0.2) is 0 Å². The van der Waals surface area contributed by atoms with E-state index in [9.17, 15) is 0 Å². The third kappa shape index (κ3) is 3.09. The Morgan fingerprint density at radius 3 is 2.89 bits per heavy atom. The molecule has 0 radical (unpaired) electrons. The summed E-state index contributed by atoms with van der Waals surface area (Å²) in [5, 5.41) is 4.80. The standard InChI is InChI=1S/C21H26N4OS/c1-2-6-16-14-8-3-4-9-15(14)17-18-19(27-21(17)25-16)20(24-12-23-18)22-11-13-7-5-10-26-13/h12-13H,2-11H2,1H3,(H,22,23,24). The van der Waals surface area contributed by atoms with E-state index in [1.807, 2.05) is 0 Å². The maximum absolute atomic E-state index is 5.75. The molecule has 1 fully saturated rings. The average Bonchev–Trinajstić information content (AvgIpc) is 3.34. The van der Waals surface area contributed by atoms with Gasteiger partial charge in [0.1, 0.15) is 17.0 Å². The number of pyridine rings is 1. The highest BCUT2D eigenvalue weighted by molar-refractivity contribution is 7.26. The summed E-state index contributed by atoms with van der Waals surface area (Å²) in [5.74, 6) is 0.931. The second-order valence-corrected chi connectivity index (χ2v) is 8.67. The van der Waals surface area contributed by atoms with Crippen molar-refractivity contribution in [2.75, 3.05) is 18.5 Å². The summed E-state index contributed by atoms with van der Waals surface area (Å²) in [6.45, 7) is 3.93. The number of anilines is 1. The van der Waals surface area contributed by atoms with E-state index in [1.165, 1.54) is 41.5 Å². The van der Waals surface area contributed by atoms with Crippen LogP contribution in [0, 0.1) is 0 Å². The van der Waals surface area contributed by atoms with Gasteiger partial charge in [0.25, 0.3) is 0 Å². The first-order valence-electron chi connectivity index (χ1n) is 10.3. The Labute approximate surface area is 163 Å². The fourth-order valence-corrected chi connectivity index (χ4v) is 5.67. The molecule has 1 atom stereocenters. The highest BCUT2D eigenvalue weighted by Gasteiger charge is 2.23. The number of aryl methyl sites for hydroxylation is 2. The molecule has 1 aliphatic carbocycles. The van der Waals surface area contributed by atoms with Crippen molar-refractivity contribution in [3.05, 3.63) is 23.1 Å². The van der Waals surface area contributed by atoms with E-state index in [0.717, 1.165) is 66.1 Å². The molecule has 0 amide bonds. The van der Waals surface area contributed by atoms with Crippen LogP contribution in [0.4, 0.5) is 5.82 Å². The molecule has 1 N–H and O–H groups in total. The number of fused-ring (bicyclic) bond motifs is 5. The number of thiophene rings is 1. The van der Waals surface area contributed by atoms with Gasteiger partial charge in [-0.25, -0.2) is 15.0 Å². The van der Waals surface area contributed by atoms with Crippen LogP contribution in [0.15, 0.2) is 6.33 Å². The summed E-state index contributed by atoms with van der Waals surface area (Å²) in [6.07, 6.45) is 11.4. The quantitative estimate of drug-likeness (QED) is 0.695. The van der Waals surface area contributed by atoms with Gasteiger partial charge >= 0.3 is 0 Å². The summed E-state index contributed by atoms with van der Waals surface area (Å²) >= 11 is 1.74. The Morgan fingerprint density at radius 2 is 2.07 bits per heavy atom. The molecular weight excluding hydrogens is 356 g/mol. The minimum absolute atomic E-state index is 0.298. The van der Waals surface area contributed by atoms with Crippen molar-refractivity contribution in [3.8, 4) is 0 Å². The molecule has 0 saturated carbocycles. The fraction of sp³-hybridized carbons (Fsp3) is 0.571. The van der Waals surface area contributed by atoms with E-state index in [2.05, 4.69) is 22.2 Å². The molecular formula is C21H26N4OS. The van der Waals surface area contributed by atoms with Crippen LogP contribution < -0.4 is 5.32 Å². The van der Waals surface area contributed by atoms with Gasteiger partial charge in [-0.3, -0.25) is 0 Å². The summed E-state index contributed by atoms with van der Waals surface area (Å²) in [5.41, 5.74) is 5.40. The Kier molecular flexibility index (Phi) is 4.70. The Morgan fingerprint density at radius 1 is 1.19 bits per heavy atom. The zero-order valence-electron chi connectivity index (χ0n) is 15.9. The van der Waals surface area contributed by atoms with E-state index >= 15 is 0 Å². The van der Waals surface area contributed by atoms with Gasteiger partial charge in [0.05, 0.1) is 16.3 Å². The monoisotopic (exact) mass is 382 g/mol. The minimum atomic E-state index is 0.298. The predicted molar refractivity (Wildman–Crippen MR) is 111 cm³/mol. The summed E-state index contributed by atoms with van der Waals surface area (Å²) in [4.78, 5) is 15.4. The van der Waals surface area contributed by atoms with Crippen molar-refractivity contribution in [2.24, 2.45) is 0 Å². The zero-order chi connectivity index (χ0) is 18.2. The second kappa shape index (κ2) is 7.32. The fourth-order valence-electron chi connectivity index (χ4n) is 4.52. The predicted octanol–water partition coefficient (Wildman–Crippen LogP) is 4.66. The number of aromatic nitrogens is 3. The second-order valence-electron chi connectivity index (χ2n) is 7.67. The van der Waals surface area contributed by atoms with Gasteiger partial charge in [0.2, 0.25) is 0 Å². The molecule has 1 saturated heterocycles. The van der Waals surface area contributed by atoms with Crippen LogP contribution in [0.1, 0.15) is 55.8 Å². The highest BCUT2D eigenvalue weighted by Crippen LogP contribution is 2.40. The Hall–Kier alpha value is -1.79. The smallest absolute Gasteiger partial charge is 0.147 e. The maximum atomic E-state index is 5.75. The molecule has 0 bridgehead atoms. The first-order valence-corrected chi connectivity index (χ1v) is 11.1. The maximum Gasteiger partial charge on any atom is 0.147 e. The lowest BCUT2D eigenvalue weighted by Gasteiger charge is -2.19. The van der Waals surface area contributed by atoms with Gasteiger partial charge in [-0.15, -0.1) is 11.3 Å². The summed E-state index contributed by atoms with van der Waals surface area (Å²) < 4.78 is 6.89. The Bertz CT molecular complexity index is 977. The molecule has 3 aromatic rings. The molecule has 5 rings (SSSR count). The molecule has 27 heavy (non-hydrogen) atoms. The van der Waals surface area contributed by atoms with Crippen LogP contribution >= 0.6 is 11.3 Å². The molecule has 1 aliphatic heterocycles. The number of hydrogen-bond acceptors (Lipinski definition) is 6. The van der Waals surface area contributed by atoms with E-state index < -0.39 is 0 Å². The van der Waals surface area contributed by atoms with Gasteiger partial charge in [-0.2, -0.15) is 0 Å². The van der Waals surface area contributed by atoms with E-state index in [0.29, 0.717) is 6.10 Å². The highest BCUT2D eigenvalue weighted by atomic mass is 32.1. The lowest BCUT2D eigenvalue weighted by molar-refractivity contribution is 0.120. The van der Waals surface area contributed by atoms with Crippen molar-refractivity contribution < 1.29 is 4.74 Å². The van der Waals surface area contributed by atoms with E-state index in [4.69, 9.17) is 9.72 Å². The van der Waals surface area contributed by atoms with Crippen LogP contribution in [-0.2, 0) is 24.0 Å². The van der Waals surface area contributed by atoms with Crippen molar-refractivity contribution >= 4 is 37.6 Å². The molecule has 2 aliphatic rings. The van der Waals surface area contributed by atoms with Gasteiger partial charge in [-0.05, 0) is 56.1 Å². The molecule has 142 valence electrons. The molecule has 6 heteroatoms. The van der Waals surface area contributed by atoms with E-state index in [-0.39, 0.29) is 0 Å². The number of nitrogens with one attached hydrogen (secondary N) is 1. The van der Waals surface area contributed by atoms with Crippen LogP contribution in [-0.4, -0.2) is 34.2 Å². The molecule has 3 aromatic heterocycles. The SMILES string of the molecule is CCCc1nc2sc3c(NCC4CCCO4)ncnc3c2c2c1CCCC2. The average molecular weight is 383 g/mol. The first kappa shape index (κ1) is 17.3. The number of ether oxygens (including phenoxy) is 1. The number of rotatable bonds is 5.